The summed E-state index contributed by atoms with van der Waals surface area (Å²) in [6, 6.07) is 10.5. The summed E-state index contributed by atoms with van der Waals surface area (Å²) in [4.78, 5) is 66.3. The van der Waals surface area contributed by atoms with Crippen molar-refractivity contribution < 1.29 is 43.3 Å². The number of rotatable bonds is 15. The molecule has 2 fully saturated rings. The zero-order valence-corrected chi connectivity index (χ0v) is 44.7. The molecule has 1 aromatic heterocycles. The van der Waals surface area contributed by atoms with E-state index in [1.54, 1.807) is 17.9 Å². The van der Waals surface area contributed by atoms with Crippen LogP contribution in [0.1, 0.15) is 132 Å². The average Bonchev–Trinajstić information content (AvgIpc) is 4.12. The second-order valence-corrected chi connectivity index (χ2v) is 24.2. The molecule has 3 aromatic carbocycles. The van der Waals surface area contributed by atoms with Crippen molar-refractivity contribution in [2.24, 2.45) is 5.92 Å². The highest BCUT2D eigenvalue weighted by atomic mass is 33.1. The molecule has 3 N–H and O–H groups in total. The predicted octanol–water partition coefficient (Wildman–Crippen LogP) is 9.46. The minimum absolute atomic E-state index is 0.00443. The minimum atomic E-state index is -0.590. The Bertz CT molecular complexity index is 2970. The molecule has 2 unspecified atom stereocenters. The number of nitrogens with one attached hydrogen (secondary N) is 1. The number of esters is 1. The molecule has 392 valence electrons. The molecule has 0 radical (unpaired) electrons. The van der Waals surface area contributed by atoms with E-state index in [1.165, 1.54) is 17.7 Å². The van der Waals surface area contributed by atoms with Crippen molar-refractivity contribution in [3.63, 3.8) is 0 Å². The van der Waals surface area contributed by atoms with Crippen LogP contribution in [0, 0.1) is 18.7 Å². The molecule has 14 nitrogen and oxygen atoms in total. The van der Waals surface area contributed by atoms with Crippen LogP contribution in [0.15, 0.2) is 53.6 Å². The third-order valence-corrected chi connectivity index (χ3v) is 19.5. The quantitative estimate of drug-likeness (QED) is 0.0446. The first-order chi connectivity index (χ1) is 35.6. The first-order valence-corrected chi connectivity index (χ1v) is 28.5. The SMILES string of the molecule is CCC1C(=O)OCC(C=O)=C1/C=C1/c2nc3cc(F)c(C)c4c3c(c2CN1C)C(NC(=O)OCC1(SSCCN2CCN(Cc3ccc5c(c3)CN(C(=O)c3cc(C(C)C)c(O)cc3O)C5)CC2)CCCC1)CC4. The number of aldehydes is 1. The minimum Gasteiger partial charge on any atom is -0.508 e. The monoisotopic (exact) mass is 1050 g/mol. The first-order valence-electron chi connectivity index (χ1n) is 26.2. The Balaban J connectivity index is 0.724. The van der Waals surface area contributed by atoms with E-state index in [4.69, 9.17) is 14.5 Å². The lowest BCUT2D eigenvalue weighted by Crippen LogP contribution is -2.46. The molecule has 4 aromatic rings. The lowest BCUT2D eigenvalue weighted by atomic mass is 9.82. The van der Waals surface area contributed by atoms with Crippen LogP contribution in [0.4, 0.5) is 9.18 Å². The number of aromatic hydroxyl groups is 2. The largest absolute Gasteiger partial charge is 0.508 e. The number of benzene rings is 3. The van der Waals surface area contributed by atoms with Crippen molar-refractivity contribution in [1.82, 2.24) is 29.9 Å². The van der Waals surface area contributed by atoms with Crippen LogP contribution in [-0.2, 0) is 51.7 Å². The average molecular weight is 1050 g/mol. The molecular weight excluding hydrogens is 980 g/mol. The molecule has 6 aliphatic rings. The smallest absolute Gasteiger partial charge is 0.407 e. The molecule has 74 heavy (non-hydrogen) atoms. The van der Waals surface area contributed by atoms with Gasteiger partial charge >= 0.3 is 12.1 Å². The van der Waals surface area contributed by atoms with Crippen LogP contribution in [0.2, 0.25) is 0 Å². The van der Waals surface area contributed by atoms with Crippen molar-refractivity contribution in [2.75, 3.05) is 58.7 Å². The maximum atomic E-state index is 15.5. The van der Waals surface area contributed by atoms with Crippen molar-refractivity contribution in [2.45, 2.75) is 116 Å². The maximum absolute atomic E-state index is 15.5. The van der Waals surface area contributed by atoms with Gasteiger partial charge < -0.3 is 34.8 Å². The molecule has 2 aliphatic carbocycles. The van der Waals surface area contributed by atoms with E-state index < -0.39 is 18.1 Å². The van der Waals surface area contributed by atoms with Crippen LogP contribution in [0.25, 0.3) is 16.6 Å². The second-order valence-electron chi connectivity index (χ2n) is 21.3. The number of carbonyl (C=O) groups is 4. The van der Waals surface area contributed by atoms with Gasteiger partial charge in [0.15, 0.2) is 0 Å². The number of ether oxygens (including phenoxy) is 2. The van der Waals surface area contributed by atoms with Crippen molar-refractivity contribution in [1.29, 1.82) is 0 Å². The van der Waals surface area contributed by atoms with Gasteiger partial charge in [-0.05, 0) is 102 Å². The van der Waals surface area contributed by atoms with E-state index in [9.17, 15) is 29.4 Å². The summed E-state index contributed by atoms with van der Waals surface area (Å²) >= 11 is 0. The van der Waals surface area contributed by atoms with Gasteiger partial charge in [-0.2, -0.15) is 0 Å². The lowest BCUT2D eigenvalue weighted by molar-refractivity contribution is -0.147. The molecule has 10 rings (SSSR count). The fraction of sp³-hybridized carbons (Fsp3) is 0.491. The highest BCUT2D eigenvalue weighted by molar-refractivity contribution is 8.77. The predicted molar refractivity (Wildman–Crippen MR) is 286 cm³/mol. The van der Waals surface area contributed by atoms with Gasteiger partial charge in [-0.1, -0.05) is 73.4 Å². The summed E-state index contributed by atoms with van der Waals surface area (Å²) in [7, 11) is 5.67. The summed E-state index contributed by atoms with van der Waals surface area (Å²) in [6.45, 7) is 15.0. The number of hydrogen-bond acceptors (Lipinski definition) is 14. The van der Waals surface area contributed by atoms with Gasteiger partial charge in [-0.15, -0.1) is 0 Å². The first kappa shape index (κ1) is 51.8. The number of aromatic nitrogens is 1. The molecule has 2 amide bonds. The zero-order chi connectivity index (χ0) is 52.0. The Morgan fingerprint density at radius 2 is 1.77 bits per heavy atom. The van der Waals surface area contributed by atoms with Gasteiger partial charge in [-0.25, -0.2) is 14.2 Å². The molecule has 2 atom stereocenters. The van der Waals surface area contributed by atoms with Crippen molar-refractivity contribution in [3.05, 3.63) is 115 Å². The van der Waals surface area contributed by atoms with Crippen molar-refractivity contribution in [3.8, 4) is 11.5 Å². The maximum Gasteiger partial charge on any atom is 0.407 e. The Labute approximate surface area is 440 Å². The number of cyclic esters (lactones) is 1. The third kappa shape index (κ3) is 10.3. The van der Waals surface area contributed by atoms with E-state index in [-0.39, 0.29) is 52.0 Å². The van der Waals surface area contributed by atoms with Gasteiger partial charge in [0.05, 0.1) is 39.2 Å². The number of alkyl carbamates (subject to hydrolysis) is 1. The number of aryl methyl sites for hydroxylation is 1. The van der Waals surface area contributed by atoms with E-state index in [2.05, 4.69) is 33.3 Å². The van der Waals surface area contributed by atoms with Crippen LogP contribution < -0.4 is 5.32 Å². The topological polar surface area (TPSA) is 165 Å². The zero-order valence-electron chi connectivity index (χ0n) is 43.1. The summed E-state index contributed by atoms with van der Waals surface area (Å²) < 4.78 is 26.8. The molecular formula is C57H67FN6O8S2. The third-order valence-electron chi connectivity index (χ3n) is 16.2. The van der Waals surface area contributed by atoms with E-state index in [0.717, 1.165) is 116 Å². The number of phenols is 2. The van der Waals surface area contributed by atoms with Crippen molar-refractivity contribution >= 4 is 62.4 Å². The number of phenolic OH excluding ortho intramolecular Hbond substituents is 2. The summed E-state index contributed by atoms with van der Waals surface area (Å²) in [5.74, 6) is -0.766. The molecule has 4 aliphatic heterocycles. The fourth-order valence-electron chi connectivity index (χ4n) is 12.0. The number of allylic oxidation sites excluding steroid dienone is 1. The standard InChI is InChI=1S/C57H67FN6O8S2/c1-6-39-42(38(30-65)31-71-55(39)69)23-48-53-44(29-61(48)5)52-46(12-11-40-34(4)45(58)24-47(59-53)51(40)52)60-56(70)72-32-57(13-7-8-14-57)74-73-20-19-62-15-17-63(18-16-62)26-35-9-10-36-27-64(28-37(36)21-35)54(68)43-22-41(33(2)3)49(66)25-50(43)67/h9-10,21-25,30,33,39,46,66-67H,6-8,11-20,26-29,31-32H2,1-5H3,(H,60,70)/b48-23-. The van der Waals surface area contributed by atoms with Crippen LogP contribution in [0.5, 0.6) is 11.5 Å². The van der Waals surface area contributed by atoms with Gasteiger partial charge in [0, 0.05) is 100 Å². The van der Waals surface area contributed by atoms with Crippen LogP contribution >= 0.6 is 21.6 Å². The van der Waals surface area contributed by atoms with Gasteiger partial charge in [0.25, 0.3) is 5.91 Å². The summed E-state index contributed by atoms with van der Waals surface area (Å²) in [6.07, 6.45) is 7.91. The molecule has 1 saturated carbocycles. The van der Waals surface area contributed by atoms with Gasteiger partial charge in [0.2, 0.25) is 0 Å². The number of hydrogen-bond donors (Lipinski definition) is 3. The summed E-state index contributed by atoms with van der Waals surface area (Å²) in [5, 5.41) is 25.0. The number of halogens is 1. The van der Waals surface area contributed by atoms with Crippen LogP contribution in [0.3, 0.4) is 0 Å². The number of nitrogens with zero attached hydrogens (tertiary/aromatic N) is 5. The molecule has 5 heterocycles. The number of fused-ring (bicyclic) bond motifs is 3. The highest BCUT2D eigenvalue weighted by Gasteiger charge is 2.40. The van der Waals surface area contributed by atoms with E-state index >= 15 is 4.39 Å². The van der Waals surface area contributed by atoms with E-state index in [1.807, 2.05) is 60.4 Å². The number of amides is 2. The number of pyridine rings is 1. The number of piperazine rings is 1. The molecule has 17 heteroatoms. The highest BCUT2D eigenvalue weighted by Crippen LogP contribution is 2.49. The molecule has 0 bridgehead atoms. The van der Waals surface area contributed by atoms with Gasteiger partial charge in [-0.3, -0.25) is 24.2 Å². The van der Waals surface area contributed by atoms with Gasteiger partial charge in [0.1, 0.15) is 36.8 Å². The van der Waals surface area contributed by atoms with E-state index in [0.29, 0.717) is 79.0 Å². The Morgan fingerprint density at radius 3 is 2.51 bits per heavy atom. The molecule has 0 spiro atoms. The number of carbonyl (C=O) groups excluding carboxylic acids is 4. The fourth-order valence-corrected chi connectivity index (χ4v) is 15.1. The Kier molecular flexibility index (Phi) is 15.1. The Hall–Kier alpha value is -5.62. The Morgan fingerprint density at radius 1 is 1.01 bits per heavy atom. The summed E-state index contributed by atoms with van der Waals surface area (Å²) in [5.41, 5.74) is 10.6. The lowest BCUT2D eigenvalue weighted by Gasteiger charge is -2.35. The second kappa shape index (κ2) is 21.5. The van der Waals surface area contributed by atoms with Crippen LogP contribution in [-0.4, -0.2) is 123 Å². The molecule has 1 saturated heterocycles. The normalized spacial score (nSPS) is 21.2.